The summed E-state index contributed by atoms with van der Waals surface area (Å²) in [6.07, 6.45) is 6.83. The van der Waals surface area contributed by atoms with Crippen LogP contribution in [0.15, 0.2) is 0 Å². The fraction of sp³-hybridized carbons (Fsp3) is 1.00. The maximum atomic E-state index is 8.63. The van der Waals surface area contributed by atoms with E-state index in [1.165, 1.54) is 32.1 Å². The summed E-state index contributed by atoms with van der Waals surface area (Å²) in [6.45, 7) is 4.40. The standard InChI is InChI=1S/C10H21NO/c1-2-10(5-3-4-6-10)9-11-7-8-12/h11-12H,2-9H2,1H3. The minimum Gasteiger partial charge on any atom is -0.395 e. The van der Waals surface area contributed by atoms with Crippen molar-refractivity contribution in [1.29, 1.82) is 0 Å². The molecule has 1 rings (SSSR count). The number of nitrogens with one attached hydrogen (secondary N) is 1. The molecule has 2 heteroatoms. The highest BCUT2D eigenvalue weighted by Gasteiger charge is 2.30. The van der Waals surface area contributed by atoms with Crippen LogP contribution in [0.25, 0.3) is 0 Å². The summed E-state index contributed by atoms with van der Waals surface area (Å²) in [5.41, 5.74) is 0.565. The molecule has 12 heavy (non-hydrogen) atoms. The van der Waals surface area contributed by atoms with Crippen molar-refractivity contribution in [1.82, 2.24) is 5.32 Å². The molecule has 2 nitrogen and oxygen atoms in total. The summed E-state index contributed by atoms with van der Waals surface area (Å²) < 4.78 is 0. The van der Waals surface area contributed by atoms with Gasteiger partial charge in [-0.2, -0.15) is 0 Å². The van der Waals surface area contributed by atoms with Crippen LogP contribution >= 0.6 is 0 Å². The molecule has 1 aliphatic carbocycles. The summed E-state index contributed by atoms with van der Waals surface area (Å²) >= 11 is 0. The fourth-order valence-electron chi connectivity index (χ4n) is 2.21. The normalized spacial score (nSPS) is 21.5. The van der Waals surface area contributed by atoms with Gasteiger partial charge in [-0.05, 0) is 24.7 Å². The van der Waals surface area contributed by atoms with Crippen LogP contribution in [0, 0.1) is 5.41 Å². The molecule has 0 heterocycles. The van der Waals surface area contributed by atoms with Gasteiger partial charge < -0.3 is 10.4 Å². The number of aliphatic hydroxyl groups is 1. The monoisotopic (exact) mass is 171 g/mol. The second-order valence-corrected chi connectivity index (χ2v) is 3.96. The van der Waals surface area contributed by atoms with Gasteiger partial charge in [0.25, 0.3) is 0 Å². The van der Waals surface area contributed by atoms with Crippen LogP contribution in [-0.4, -0.2) is 24.8 Å². The zero-order valence-corrected chi connectivity index (χ0v) is 8.10. The summed E-state index contributed by atoms with van der Waals surface area (Å²) in [7, 11) is 0. The Balaban J connectivity index is 2.24. The Bertz CT molecular complexity index is 119. The van der Waals surface area contributed by atoms with Gasteiger partial charge in [-0.1, -0.05) is 19.8 Å². The average Bonchev–Trinajstić information content (AvgIpc) is 2.55. The Morgan fingerprint density at radius 1 is 1.33 bits per heavy atom. The van der Waals surface area contributed by atoms with Crippen LogP contribution in [0.2, 0.25) is 0 Å². The highest BCUT2D eigenvalue weighted by molar-refractivity contribution is 4.85. The van der Waals surface area contributed by atoms with E-state index in [0.29, 0.717) is 5.41 Å². The van der Waals surface area contributed by atoms with Gasteiger partial charge in [0.2, 0.25) is 0 Å². The predicted molar refractivity (Wildman–Crippen MR) is 51.1 cm³/mol. The number of hydrogen-bond donors (Lipinski definition) is 2. The lowest BCUT2D eigenvalue weighted by Gasteiger charge is -2.27. The van der Waals surface area contributed by atoms with Crippen molar-refractivity contribution in [3.63, 3.8) is 0 Å². The number of hydrogen-bond acceptors (Lipinski definition) is 2. The third-order valence-electron chi connectivity index (χ3n) is 3.20. The van der Waals surface area contributed by atoms with E-state index in [4.69, 9.17) is 5.11 Å². The number of rotatable bonds is 5. The van der Waals surface area contributed by atoms with Crippen molar-refractivity contribution in [2.75, 3.05) is 19.7 Å². The van der Waals surface area contributed by atoms with Crippen molar-refractivity contribution < 1.29 is 5.11 Å². The SMILES string of the molecule is CCC1(CNCCO)CCCC1. The smallest absolute Gasteiger partial charge is 0.0555 e. The van der Waals surface area contributed by atoms with Gasteiger partial charge in [-0.3, -0.25) is 0 Å². The Morgan fingerprint density at radius 2 is 2.00 bits per heavy atom. The maximum absolute atomic E-state index is 8.63. The molecule has 0 radical (unpaired) electrons. The largest absolute Gasteiger partial charge is 0.395 e. The summed E-state index contributed by atoms with van der Waals surface area (Å²) in [5.74, 6) is 0. The van der Waals surface area contributed by atoms with Gasteiger partial charge in [0.15, 0.2) is 0 Å². The first-order valence-corrected chi connectivity index (χ1v) is 5.14. The van der Waals surface area contributed by atoms with E-state index >= 15 is 0 Å². The molecule has 1 aliphatic rings. The highest BCUT2D eigenvalue weighted by atomic mass is 16.3. The zero-order valence-electron chi connectivity index (χ0n) is 8.10. The molecule has 1 saturated carbocycles. The Labute approximate surface area is 75.4 Å². The van der Waals surface area contributed by atoms with Gasteiger partial charge in [0, 0.05) is 13.1 Å². The van der Waals surface area contributed by atoms with Crippen LogP contribution in [0.5, 0.6) is 0 Å². The lowest BCUT2D eigenvalue weighted by Crippen LogP contribution is -2.33. The van der Waals surface area contributed by atoms with Gasteiger partial charge >= 0.3 is 0 Å². The second kappa shape index (κ2) is 4.83. The second-order valence-electron chi connectivity index (χ2n) is 3.96. The van der Waals surface area contributed by atoms with Crippen molar-refractivity contribution >= 4 is 0 Å². The molecule has 0 aromatic carbocycles. The minimum absolute atomic E-state index is 0.264. The fourth-order valence-corrected chi connectivity index (χ4v) is 2.21. The molecule has 0 atom stereocenters. The number of aliphatic hydroxyl groups excluding tert-OH is 1. The third kappa shape index (κ3) is 2.46. The molecule has 0 spiro atoms. The molecule has 0 saturated heterocycles. The van der Waals surface area contributed by atoms with Crippen molar-refractivity contribution in [2.24, 2.45) is 5.41 Å². The first kappa shape index (κ1) is 10.0. The van der Waals surface area contributed by atoms with E-state index in [2.05, 4.69) is 12.2 Å². The molecule has 0 amide bonds. The first-order valence-electron chi connectivity index (χ1n) is 5.14. The maximum Gasteiger partial charge on any atom is 0.0555 e. The molecule has 0 aromatic heterocycles. The van der Waals surface area contributed by atoms with E-state index < -0.39 is 0 Å². The lowest BCUT2D eigenvalue weighted by atomic mass is 9.83. The minimum atomic E-state index is 0.264. The quantitative estimate of drug-likeness (QED) is 0.615. The van der Waals surface area contributed by atoms with Crippen LogP contribution in [0.4, 0.5) is 0 Å². The van der Waals surface area contributed by atoms with Crippen molar-refractivity contribution in [2.45, 2.75) is 39.0 Å². The van der Waals surface area contributed by atoms with Gasteiger partial charge in [-0.25, -0.2) is 0 Å². The molecule has 72 valence electrons. The molecular weight excluding hydrogens is 150 g/mol. The molecule has 2 N–H and O–H groups in total. The third-order valence-corrected chi connectivity index (χ3v) is 3.20. The molecule has 0 bridgehead atoms. The highest BCUT2D eigenvalue weighted by Crippen LogP contribution is 2.40. The van der Waals surface area contributed by atoms with E-state index in [9.17, 15) is 0 Å². The van der Waals surface area contributed by atoms with Crippen molar-refractivity contribution in [3.8, 4) is 0 Å². The summed E-state index contributed by atoms with van der Waals surface area (Å²) in [4.78, 5) is 0. The van der Waals surface area contributed by atoms with Crippen LogP contribution in [-0.2, 0) is 0 Å². The Hall–Kier alpha value is -0.0800. The van der Waals surface area contributed by atoms with Gasteiger partial charge in [0.05, 0.1) is 6.61 Å². The van der Waals surface area contributed by atoms with Crippen LogP contribution in [0.1, 0.15) is 39.0 Å². The molecular formula is C10H21NO. The molecule has 0 aliphatic heterocycles. The van der Waals surface area contributed by atoms with Crippen LogP contribution < -0.4 is 5.32 Å². The molecule has 0 aromatic rings. The van der Waals surface area contributed by atoms with Crippen LogP contribution in [0.3, 0.4) is 0 Å². The Kier molecular flexibility index (Phi) is 4.02. The van der Waals surface area contributed by atoms with Crippen molar-refractivity contribution in [3.05, 3.63) is 0 Å². The molecule has 0 unspecified atom stereocenters. The average molecular weight is 171 g/mol. The topological polar surface area (TPSA) is 32.3 Å². The van der Waals surface area contributed by atoms with E-state index in [0.717, 1.165) is 13.1 Å². The summed E-state index contributed by atoms with van der Waals surface area (Å²) in [6, 6.07) is 0. The summed E-state index contributed by atoms with van der Waals surface area (Å²) in [5, 5.41) is 12.0. The molecule has 1 fully saturated rings. The Morgan fingerprint density at radius 3 is 2.50 bits per heavy atom. The van der Waals surface area contributed by atoms with E-state index in [-0.39, 0.29) is 6.61 Å². The predicted octanol–water partition coefficient (Wildman–Crippen LogP) is 1.54. The van der Waals surface area contributed by atoms with Gasteiger partial charge in [0.1, 0.15) is 0 Å². The van der Waals surface area contributed by atoms with E-state index in [1.54, 1.807) is 0 Å². The first-order chi connectivity index (χ1) is 5.83. The van der Waals surface area contributed by atoms with Gasteiger partial charge in [-0.15, -0.1) is 0 Å². The zero-order chi connectivity index (χ0) is 8.86. The van der Waals surface area contributed by atoms with E-state index in [1.807, 2.05) is 0 Å². The lowest BCUT2D eigenvalue weighted by molar-refractivity contribution is 0.244.